The third kappa shape index (κ3) is 1.11. The summed E-state index contributed by atoms with van der Waals surface area (Å²) in [6, 6.07) is 1.86. The molecule has 1 heterocycles. The van der Waals surface area contributed by atoms with Gasteiger partial charge in [0.2, 0.25) is 0 Å². The Labute approximate surface area is 62.7 Å². The first-order valence-corrected chi connectivity index (χ1v) is 2.76. The number of hydrogen-bond acceptors (Lipinski definition) is 5. The van der Waals surface area contributed by atoms with Crippen molar-refractivity contribution in [3.8, 4) is 6.07 Å². The van der Waals surface area contributed by atoms with Gasteiger partial charge in [0.1, 0.15) is 23.8 Å². The van der Waals surface area contributed by atoms with E-state index in [1.165, 1.54) is 17.2 Å². The summed E-state index contributed by atoms with van der Waals surface area (Å²) < 4.78 is 1.22. The van der Waals surface area contributed by atoms with E-state index in [1.807, 2.05) is 6.07 Å². The van der Waals surface area contributed by atoms with Crippen LogP contribution in [0.2, 0.25) is 0 Å². The van der Waals surface area contributed by atoms with Crippen molar-refractivity contribution in [2.75, 3.05) is 5.73 Å². The van der Waals surface area contributed by atoms with Crippen molar-refractivity contribution in [3.63, 3.8) is 0 Å². The summed E-state index contributed by atoms with van der Waals surface area (Å²) in [5, 5.41) is 15.4. The van der Waals surface area contributed by atoms with E-state index in [9.17, 15) is 0 Å². The van der Waals surface area contributed by atoms with Gasteiger partial charge in [-0.15, -0.1) is 0 Å². The van der Waals surface area contributed by atoms with E-state index in [0.717, 1.165) is 0 Å². The molecule has 0 aliphatic heterocycles. The summed E-state index contributed by atoms with van der Waals surface area (Å²) in [6.45, 7) is 0. The molecule has 6 nitrogen and oxygen atoms in total. The predicted molar refractivity (Wildman–Crippen MR) is 39.4 cm³/mol. The molecule has 0 fully saturated rings. The Morgan fingerprint density at radius 1 is 1.82 bits per heavy atom. The zero-order valence-corrected chi connectivity index (χ0v) is 5.60. The smallest absolute Gasteiger partial charge is 0.146 e. The quantitative estimate of drug-likeness (QED) is 0.234. The Bertz CT molecular complexity index is 316. The van der Waals surface area contributed by atoms with Crippen molar-refractivity contribution >= 4 is 12.2 Å². The van der Waals surface area contributed by atoms with Gasteiger partial charge in [-0.2, -0.15) is 15.5 Å². The summed E-state index contributed by atoms with van der Waals surface area (Å²) >= 11 is 0. The van der Waals surface area contributed by atoms with Crippen LogP contribution in [0.4, 0.5) is 5.82 Å². The number of anilines is 1. The molecule has 0 amide bonds. The molecular weight excluding hydrogens is 144 g/mol. The second kappa shape index (κ2) is 2.70. The molecule has 0 saturated carbocycles. The minimum absolute atomic E-state index is 0.238. The topological polar surface area (TPSA) is 106 Å². The molecule has 0 aliphatic carbocycles. The predicted octanol–water partition coefficient (Wildman–Crippen LogP) is -0.913. The second-order valence-electron chi connectivity index (χ2n) is 1.76. The van der Waals surface area contributed by atoms with Gasteiger partial charge in [0.05, 0.1) is 6.20 Å². The fourth-order valence-electron chi connectivity index (χ4n) is 0.613. The van der Waals surface area contributed by atoms with Crippen LogP contribution in [-0.2, 0) is 0 Å². The van der Waals surface area contributed by atoms with Gasteiger partial charge in [-0.05, 0) is 0 Å². The van der Waals surface area contributed by atoms with Crippen LogP contribution in [-0.4, -0.2) is 16.1 Å². The number of hydrazone groups is 1. The normalized spacial score (nSPS) is 10.1. The average molecular weight is 150 g/mol. The average Bonchev–Trinajstić information content (AvgIpc) is 2.34. The van der Waals surface area contributed by atoms with Crippen LogP contribution in [0.3, 0.4) is 0 Å². The summed E-state index contributed by atoms with van der Waals surface area (Å²) in [7, 11) is 0. The third-order valence-electron chi connectivity index (χ3n) is 1.13. The highest BCUT2D eigenvalue weighted by atomic mass is 15.3. The van der Waals surface area contributed by atoms with Crippen molar-refractivity contribution in [1.29, 1.82) is 5.26 Å². The molecule has 56 valence electrons. The van der Waals surface area contributed by atoms with Crippen LogP contribution >= 0.6 is 0 Å². The molecule has 6 heteroatoms. The Morgan fingerprint density at radius 3 is 3.00 bits per heavy atom. The van der Waals surface area contributed by atoms with Crippen LogP contribution in [0.15, 0.2) is 11.3 Å². The fraction of sp³-hybridized carbons (Fsp3) is 0. The maximum atomic E-state index is 8.44. The van der Waals surface area contributed by atoms with Gasteiger partial charge >= 0.3 is 0 Å². The SMILES string of the molecule is N#Cc1cnn(C=NN)c1N. The van der Waals surface area contributed by atoms with Crippen molar-refractivity contribution < 1.29 is 0 Å². The largest absolute Gasteiger partial charge is 0.382 e. The van der Waals surface area contributed by atoms with E-state index >= 15 is 0 Å². The zero-order chi connectivity index (χ0) is 8.27. The van der Waals surface area contributed by atoms with Crippen molar-refractivity contribution in [2.24, 2.45) is 10.9 Å². The van der Waals surface area contributed by atoms with Gasteiger partial charge in [0.25, 0.3) is 0 Å². The summed E-state index contributed by atoms with van der Waals surface area (Å²) in [6.07, 6.45) is 2.56. The van der Waals surface area contributed by atoms with Gasteiger partial charge in [0, 0.05) is 0 Å². The molecule has 0 radical (unpaired) electrons. The standard InChI is InChI=1S/C5H6N6/c6-1-4-2-10-11(3-9-8)5(4)7/h2-3H,7-8H2. The zero-order valence-electron chi connectivity index (χ0n) is 5.60. The van der Waals surface area contributed by atoms with E-state index in [1.54, 1.807) is 0 Å². The van der Waals surface area contributed by atoms with E-state index in [-0.39, 0.29) is 5.82 Å². The molecule has 1 aromatic heterocycles. The summed E-state index contributed by atoms with van der Waals surface area (Å²) in [5.74, 6) is 5.09. The molecule has 0 spiro atoms. The summed E-state index contributed by atoms with van der Waals surface area (Å²) in [5.41, 5.74) is 5.74. The molecule has 1 aromatic rings. The number of nitrogens with two attached hydrogens (primary N) is 2. The molecule has 0 aliphatic rings. The number of hydrogen-bond donors (Lipinski definition) is 2. The van der Waals surface area contributed by atoms with Gasteiger partial charge in [-0.1, -0.05) is 0 Å². The van der Waals surface area contributed by atoms with Crippen LogP contribution in [0.5, 0.6) is 0 Å². The number of nitrogens with zero attached hydrogens (tertiary/aromatic N) is 4. The van der Waals surface area contributed by atoms with E-state index < -0.39 is 0 Å². The molecule has 1 rings (SSSR count). The second-order valence-corrected chi connectivity index (χ2v) is 1.76. The lowest BCUT2D eigenvalue weighted by atomic mass is 10.4. The van der Waals surface area contributed by atoms with Gasteiger partial charge in [-0.3, -0.25) is 0 Å². The minimum atomic E-state index is 0.238. The minimum Gasteiger partial charge on any atom is -0.382 e. The summed E-state index contributed by atoms with van der Waals surface area (Å²) in [4.78, 5) is 0. The Morgan fingerprint density at radius 2 is 2.55 bits per heavy atom. The first-order chi connectivity index (χ1) is 5.29. The molecule has 0 bridgehead atoms. The number of nitriles is 1. The molecule has 0 saturated heterocycles. The van der Waals surface area contributed by atoms with Gasteiger partial charge in [-0.25, -0.2) is 4.68 Å². The highest BCUT2D eigenvalue weighted by Gasteiger charge is 2.02. The lowest BCUT2D eigenvalue weighted by molar-refractivity contribution is 0.956. The molecule has 11 heavy (non-hydrogen) atoms. The van der Waals surface area contributed by atoms with Crippen LogP contribution in [0, 0.1) is 11.3 Å². The van der Waals surface area contributed by atoms with Crippen molar-refractivity contribution in [3.05, 3.63) is 11.8 Å². The van der Waals surface area contributed by atoms with E-state index in [2.05, 4.69) is 10.2 Å². The number of nitrogen functional groups attached to an aromatic ring is 1. The number of rotatable bonds is 1. The van der Waals surface area contributed by atoms with Crippen molar-refractivity contribution in [1.82, 2.24) is 9.78 Å². The Hall–Kier alpha value is -2.03. The van der Waals surface area contributed by atoms with Gasteiger partial charge < -0.3 is 11.6 Å². The fourth-order valence-corrected chi connectivity index (χ4v) is 0.613. The Balaban J connectivity index is 3.13. The molecular formula is C5H6N6. The Kier molecular flexibility index (Phi) is 1.74. The first-order valence-electron chi connectivity index (χ1n) is 2.76. The first kappa shape index (κ1) is 7.08. The van der Waals surface area contributed by atoms with Gasteiger partial charge in [0.15, 0.2) is 0 Å². The highest BCUT2D eigenvalue weighted by molar-refractivity contribution is 5.65. The highest BCUT2D eigenvalue weighted by Crippen LogP contribution is 2.05. The number of aromatic nitrogens is 2. The van der Waals surface area contributed by atoms with E-state index in [4.69, 9.17) is 16.8 Å². The molecule has 0 aromatic carbocycles. The lowest BCUT2D eigenvalue weighted by Gasteiger charge is -1.91. The molecule has 4 N–H and O–H groups in total. The third-order valence-corrected chi connectivity index (χ3v) is 1.13. The van der Waals surface area contributed by atoms with Crippen LogP contribution in [0.1, 0.15) is 5.56 Å². The monoisotopic (exact) mass is 150 g/mol. The molecule has 0 atom stereocenters. The van der Waals surface area contributed by atoms with E-state index in [0.29, 0.717) is 5.56 Å². The van der Waals surface area contributed by atoms with Crippen molar-refractivity contribution in [2.45, 2.75) is 0 Å². The maximum absolute atomic E-state index is 8.44. The van der Waals surface area contributed by atoms with Crippen LogP contribution in [0.25, 0.3) is 0 Å². The molecule has 0 unspecified atom stereocenters. The maximum Gasteiger partial charge on any atom is 0.146 e. The lowest BCUT2D eigenvalue weighted by Crippen LogP contribution is -2.04. The van der Waals surface area contributed by atoms with Crippen LogP contribution < -0.4 is 11.6 Å².